The standard InChI is InChI=1S/C18H33N5/c1-14(2)22-12-15(3)23(16(4)13-22)18-19-10-17(11-20-18)8-7-9-21(5)6/h10-11,14-16H,7-9,12-13H2,1-6H3. The van der Waals surface area contributed by atoms with E-state index in [-0.39, 0.29) is 0 Å². The largest absolute Gasteiger partial charge is 0.333 e. The van der Waals surface area contributed by atoms with Crippen LogP contribution in [0.5, 0.6) is 0 Å². The molecule has 2 rings (SSSR count). The minimum atomic E-state index is 0.445. The highest BCUT2D eigenvalue weighted by molar-refractivity contribution is 5.34. The molecule has 1 fully saturated rings. The zero-order valence-electron chi connectivity index (χ0n) is 15.7. The highest BCUT2D eigenvalue weighted by Crippen LogP contribution is 2.22. The quantitative estimate of drug-likeness (QED) is 0.804. The van der Waals surface area contributed by atoms with Crippen molar-refractivity contribution < 1.29 is 0 Å². The normalized spacial score (nSPS) is 23.0. The van der Waals surface area contributed by atoms with Crippen LogP contribution in [0.4, 0.5) is 5.95 Å². The van der Waals surface area contributed by atoms with Crippen LogP contribution in [0, 0.1) is 0 Å². The monoisotopic (exact) mass is 319 g/mol. The number of aryl methyl sites for hydroxylation is 1. The highest BCUT2D eigenvalue weighted by atomic mass is 15.4. The Morgan fingerprint density at radius 3 is 2.17 bits per heavy atom. The third-order valence-electron chi connectivity index (χ3n) is 4.67. The van der Waals surface area contributed by atoms with E-state index in [0.717, 1.165) is 38.4 Å². The van der Waals surface area contributed by atoms with E-state index in [4.69, 9.17) is 0 Å². The summed E-state index contributed by atoms with van der Waals surface area (Å²) in [5.41, 5.74) is 1.23. The van der Waals surface area contributed by atoms with Gasteiger partial charge in [0.25, 0.3) is 0 Å². The summed E-state index contributed by atoms with van der Waals surface area (Å²) in [6, 6.07) is 1.49. The van der Waals surface area contributed by atoms with Crippen molar-refractivity contribution >= 4 is 5.95 Å². The second-order valence-corrected chi connectivity index (χ2v) is 7.45. The smallest absolute Gasteiger partial charge is 0.225 e. The maximum Gasteiger partial charge on any atom is 0.225 e. The molecule has 23 heavy (non-hydrogen) atoms. The van der Waals surface area contributed by atoms with E-state index >= 15 is 0 Å². The van der Waals surface area contributed by atoms with Gasteiger partial charge in [-0.1, -0.05) is 0 Å². The van der Waals surface area contributed by atoms with Gasteiger partial charge in [-0.05, 0) is 66.7 Å². The zero-order chi connectivity index (χ0) is 17.0. The van der Waals surface area contributed by atoms with E-state index in [0.29, 0.717) is 18.1 Å². The first-order valence-electron chi connectivity index (χ1n) is 8.86. The number of hydrogen-bond donors (Lipinski definition) is 0. The van der Waals surface area contributed by atoms with E-state index in [2.05, 4.69) is 66.5 Å². The number of piperazine rings is 1. The summed E-state index contributed by atoms with van der Waals surface area (Å²) in [5.74, 6) is 0.879. The predicted octanol–water partition coefficient (Wildman–Crippen LogP) is 2.28. The molecule has 1 aliphatic rings. The van der Waals surface area contributed by atoms with Crippen LogP contribution in [0.1, 0.15) is 39.7 Å². The van der Waals surface area contributed by atoms with Gasteiger partial charge in [-0.15, -0.1) is 0 Å². The van der Waals surface area contributed by atoms with Gasteiger partial charge in [0.15, 0.2) is 0 Å². The van der Waals surface area contributed by atoms with Crippen LogP contribution in [-0.2, 0) is 6.42 Å². The average molecular weight is 319 g/mol. The molecule has 5 nitrogen and oxygen atoms in total. The summed E-state index contributed by atoms with van der Waals surface area (Å²) in [5, 5.41) is 0. The van der Waals surface area contributed by atoms with Crippen LogP contribution >= 0.6 is 0 Å². The van der Waals surface area contributed by atoms with Crippen LogP contribution in [0.2, 0.25) is 0 Å². The molecule has 0 aliphatic carbocycles. The summed E-state index contributed by atoms with van der Waals surface area (Å²) in [6.07, 6.45) is 6.21. The Hall–Kier alpha value is -1.20. The van der Waals surface area contributed by atoms with Crippen molar-refractivity contribution in [1.82, 2.24) is 19.8 Å². The lowest BCUT2D eigenvalue weighted by Crippen LogP contribution is -2.58. The van der Waals surface area contributed by atoms with Crippen molar-refractivity contribution in [3.63, 3.8) is 0 Å². The third-order valence-corrected chi connectivity index (χ3v) is 4.67. The molecule has 0 bridgehead atoms. The van der Waals surface area contributed by atoms with Gasteiger partial charge in [-0.3, -0.25) is 4.90 Å². The van der Waals surface area contributed by atoms with E-state index < -0.39 is 0 Å². The first-order valence-corrected chi connectivity index (χ1v) is 8.86. The van der Waals surface area contributed by atoms with E-state index in [1.54, 1.807) is 0 Å². The Kier molecular flexibility index (Phi) is 6.36. The average Bonchev–Trinajstić information content (AvgIpc) is 2.47. The van der Waals surface area contributed by atoms with Gasteiger partial charge >= 0.3 is 0 Å². The Morgan fingerprint density at radius 1 is 1.13 bits per heavy atom. The summed E-state index contributed by atoms with van der Waals surface area (Å²) in [4.78, 5) is 16.4. The van der Waals surface area contributed by atoms with Crippen LogP contribution in [-0.4, -0.2) is 71.6 Å². The summed E-state index contributed by atoms with van der Waals surface area (Å²) in [7, 11) is 4.22. The highest BCUT2D eigenvalue weighted by Gasteiger charge is 2.31. The predicted molar refractivity (Wildman–Crippen MR) is 97.0 cm³/mol. The van der Waals surface area contributed by atoms with Crippen molar-refractivity contribution in [3.8, 4) is 0 Å². The third kappa shape index (κ3) is 4.88. The molecule has 1 aromatic rings. The summed E-state index contributed by atoms with van der Waals surface area (Å²) in [6.45, 7) is 12.4. The van der Waals surface area contributed by atoms with Gasteiger partial charge in [0, 0.05) is 43.6 Å². The molecule has 0 spiro atoms. The second-order valence-electron chi connectivity index (χ2n) is 7.45. The van der Waals surface area contributed by atoms with E-state index in [1.165, 1.54) is 5.56 Å². The first-order chi connectivity index (χ1) is 10.9. The fraction of sp³-hybridized carbons (Fsp3) is 0.778. The van der Waals surface area contributed by atoms with Gasteiger partial charge in [0.05, 0.1) is 0 Å². The Morgan fingerprint density at radius 2 is 1.70 bits per heavy atom. The molecule has 2 atom stereocenters. The van der Waals surface area contributed by atoms with Gasteiger partial charge in [-0.25, -0.2) is 9.97 Å². The van der Waals surface area contributed by atoms with Crippen LogP contribution in [0.25, 0.3) is 0 Å². The minimum absolute atomic E-state index is 0.445. The molecule has 0 amide bonds. The minimum Gasteiger partial charge on any atom is -0.333 e. The fourth-order valence-electron chi connectivity index (χ4n) is 3.39. The number of rotatable bonds is 6. The van der Waals surface area contributed by atoms with Crippen molar-refractivity contribution in [1.29, 1.82) is 0 Å². The molecule has 1 aromatic heterocycles. The number of aromatic nitrogens is 2. The van der Waals surface area contributed by atoms with Crippen molar-refractivity contribution in [2.24, 2.45) is 0 Å². The van der Waals surface area contributed by atoms with Crippen LogP contribution < -0.4 is 4.90 Å². The van der Waals surface area contributed by atoms with Crippen molar-refractivity contribution in [2.45, 2.75) is 58.7 Å². The lowest BCUT2D eigenvalue weighted by Gasteiger charge is -2.46. The van der Waals surface area contributed by atoms with Gasteiger partial charge < -0.3 is 9.80 Å². The SMILES string of the molecule is CC(C)N1CC(C)N(c2ncc(CCCN(C)C)cn2)C(C)C1. The molecular weight excluding hydrogens is 286 g/mol. The molecule has 0 aromatic carbocycles. The molecule has 0 N–H and O–H groups in total. The molecule has 2 unspecified atom stereocenters. The van der Waals surface area contributed by atoms with E-state index in [9.17, 15) is 0 Å². The molecule has 1 saturated heterocycles. The van der Waals surface area contributed by atoms with Crippen LogP contribution in [0.3, 0.4) is 0 Å². The maximum absolute atomic E-state index is 4.65. The maximum atomic E-state index is 4.65. The van der Waals surface area contributed by atoms with Gasteiger partial charge in [-0.2, -0.15) is 0 Å². The number of hydrogen-bond acceptors (Lipinski definition) is 5. The van der Waals surface area contributed by atoms with Gasteiger partial charge in [0.1, 0.15) is 0 Å². The molecule has 5 heteroatoms. The number of nitrogens with zero attached hydrogens (tertiary/aromatic N) is 5. The lowest BCUT2D eigenvalue weighted by atomic mass is 10.1. The molecular formula is C18H33N5. The summed E-state index contributed by atoms with van der Waals surface area (Å²) < 4.78 is 0. The summed E-state index contributed by atoms with van der Waals surface area (Å²) >= 11 is 0. The lowest BCUT2D eigenvalue weighted by molar-refractivity contribution is 0.160. The first kappa shape index (κ1) is 18.1. The van der Waals surface area contributed by atoms with Crippen molar-refractivity contribution in [2.75, 3.05) is 38.6 Å². The number of anilines is 1. The molecule has 0 saturated carbocycles. The molecule has 0 radical (unpaired) electrons. The Balaban J connectivity index is 1.98. The van der Waals surface area contributed by atoms with E-state index in [1.807, 2.05) is 12.4 Å². The van der Waals surface area contributed by atoms with Gasteiger partial charge in [0.2, 0.25) is 5.95 Å². The molecule has 130 valence electrons. The molecule has 2 heterocycles. The zero-order valence-corrected chi connectivity index (χ0v) is 15.7. The van der Waals surface area contributed by atoms with Crippen molar-refractivity contribution in [3.05, 3.63) is 18.0 Å². The fourth-order valence-corrected chi connectivity index (χ4v) is 3.39. The molecule has 1 aliphatic heterocycles. The topological polar surface area (TPSA) is 35.5 Å². The van der Waals surface area contributed by atoms with Crippen LogP contribution in [0.15, 0.2) is 12.4 Å². The Bertz CT molecular complexity index is 459. The Labute approximate surface area is 141 Å². The second kappa shape index (κ2) is 8.06.